The third-order valence-corrected chi connectivity index (χ3v) is 5.10. The number of benzene rings is 2. The Kier molecular flexibility index (Phi) is 5.76. The zero-order chi connectivity index (χ0) is 19.4. The first-order valence-corrected chi connectivity index (χ1v) is 9.38. The second kappa shape index (κ2) is 8.22. The van der Waals surface area contributed by atoms with E-state index in [1.165, 1.54) is 24.4 Å². The van der Waals surface area contributed by atoms with Crippen molar-refractivity contribution in [2.24, 2.45) is 4.99 Å². The molecule has 5 nitrogen and oxygen atoms in total. The van der Waals surface area contributed by atoms with Crippen LogP contribution in [0.3, 0.4) is 0 Å². The average molecular weight is 380 g/mol. The van der Waals surface area contributed by atoms with Gasteiger partial charge in [0.25, 0.3) is 5.91 Å². The number of hydrogen-bond donors (Lipinski definition) is 0. The second-order valence-electron chi connectivity index (χ2n) is 6.00. The topological polar surface area (TPSA) is 59.0 Å². The zero-order valence-corrected chi connectivity index (χ0v) is 16.2. The van der Waals surface area contributed by atoms with Crippen molar-refractivity contribution in [3.63, 3.8) is 0 Å². The molecule has 0 bridgehead atoms. The van der Waals surface area contributed by atoms with Gasteiger partial charge in [-0.2, -0.15) is 0 Å². The maximum absolute atomic E-state index is 12.7. The van der Waals surface area contributed by atoms with Crippen LogP contribution in [0.1, 0.15) is 28.4 Å². The summed E-state index contributed by atoms with van der Waals surface area (Å²) in [6.07, 6.45) is 1.89. The molecule has 0 unspecified atom stereocenters. The van der Waals surface area contributed by atoms with Crippen LogP contribution in [0.25, 0.3) is 6.08 Å². The molecule has 1 fully saturated rings. The monoisotopic (exact) mass is 380 g/mol. The van der Waals surface area contributed by atoms with E-state index in [9.17, 15) is 9.59 Å². The molecule has 1 heterocycles. The minimum absolute atomic E-state index is 0.0481. The van der Waals surface area contributed by atoms with Crippen molar-refractivity contribution in [1.82, 2.24) is 4.90 Å². The molecule has 0 spiro atoms. The first-order valence-electron chi connectivity index (χ1n) is 8.57. The van der Waals surface area contributed by atoms with E-state index in [1.807, 2.05) is 44.2 Å². The number of rotatable bonds is 4. The molecule has 27 heavy (non-hydrogen) atoms. The number of methoxy groups -OCH3 is 1. The highest BCUT2D eigenvalue weighted by molar-refractivity contribution is 8.18. The van der Waals surface area contributed by atoms with Crippen LogP contribution in [0.15, 0.2) is 58.4 Å². The number of amidine groups is 1. The van der Waals surface area contributed by atoms with Crippen LogP contribution in [-0.4, -0.2) is 35.6 Å². The van der Waals surface area contributed by atoms with Crippen molar-refractivity contribution in [2.75, 3.05) is 13.7 Å². The number of aliphatic imine (C=N–C) groups is 1. The van der Waals surface area contributed by atoms with Crippen molar-refractivity contribution in [2.45, 2.75) is 13.8 Å². The maximum Gasteiger partial charge on any atom is 0.337 e. The van der Waals surface area contributed by atoms with Gasteiger partial charge in [0.2, 0.25) is 0 Å². The average Bonchev–Trinajstić information content (AvgIpc) is 2.97. The van der Waals surface area contributed by atoms with Crippen molar-refractivity contribution >= 4 is 40.6 Å². The molecule has 0 radical (unpaired) electrons. The Balaban J connectivity index is 1.86. The summed E-state index contributed by atoms with van der Waals surface area (Å²) in [5.74, 6) is -0.439. The predicted molar refractivity (Wildman–Crippen MR) is 109 cm³/mol. The normalized spacial score (nSPS) is 17.0. The Labute approximate surface area is 162 Å². The molecule has 0 saturated carbocycles. The Hall–Kier alpha value is -2.86. The largest absolute Gasteiger partial charge is 0.465 e. The number of thioether (sulfide) groups is 1. The van der Waals surface area contributed by atoms with Gasteiger partial charge >= 0.3 is 5.97 Å². The number of amides is 1. The maximum atomic E-state index is 12.7. The minimum atomic E-state index is -0.391. The summed E-state index contributed by atoms with van der Waals surface area (Å²) >= 11 is 1.36. The Morgan fingerprint density at radius 1 is 1.15 bits per heavy atom. The standard InChI is InChI=1S/C21H20N2O3S/c1-4-23-19(24)18(13-15-7-5-14(2)6-8-15)27-21(23)22-17-11-9-16(10-12-17)20(25)26-3/h5-13H,4H2,1-3H3/b18-13+,22-21?. The van der Waals surface area contributed by atoms with Gasteiger partial charge < -0.3 is 4.74 Å². The van der Waals surface area contributed by atoms with E-state index in [0.29, 0.717) is 27.9 Å². The lowest BCUT2D eigenvalue weighted by Gasteiger charge is -2.12. The minimum Gasteiger partial charge on any atom is -0.465 e. The van der Waals surface area contributed by atoms with Gasteiger partial charge in [0.1, 0.15) is 0 Å². The van der Waals surface area contributed by atoms with E-state index in [4.69, 9.17) is 4.74 Å². The highest BCUT2D eigenvalue weighted by atomic mass is 32.2. The van der Waals surface area contributed by atoms with Crippen molar-refractivity contribution in [1.29, 1.82) is 0 Å². The molecule has 0 aromatic heterocycles. The lowest BCUT2D eigenvalue weighted by molar-refractivity contribution is -0.122. The van der Waals surface area contributed by atoms with Crippen LogP contribution in [-0.2, 0) is 9.53 Å². The van der Waals surface area contributed by atoms with Gasteiger partial charge in [0.05, 0.1) is 23.3 Å². The molecule has 6 heteroatoms. The van der Waals surface area contributed by atoms with Crippen molar-refractivity contribution in [3.8, 4) is 0 Å². The Morgan fingerprint density at radius 2 is 1.81 bits per heavy atom. The molecular formula is C21H20N2O3S. The molecule has 3 rings (SSSR count). The molecule has 2 aromatic rings. The zero-order valence-electron chi connectivity index (χ0n) is 15.4. The Bertz CT molecular complexity index is 915. The number of carbonyl (C=O) groups is 2. The smallest absolute Gasteiger partial charge is 0.337 e. The van der Waals surface area contributed by atoms with Gasteiger partial charge in [-0.25, -0.2) is 9.79 Å². The van der Waals surface area contributed by atoms with E-state index in [2.05, 4.69) is 4.99 Å². The lowest BCUT2D eigenvalue weighted by Crippen LogP contribution is -2.28. The molecular weight excluding hydrogens is 360 g/mol. The lowest BCUT2D eigenvalue weighted by atomic mass is 10.1. The summed E-state index contributed by atoms with van der Waals surface area (Å²) in [4.78, 5) is 31.1. The number of ether oxygens (including phenoxy) is 1. The fourth-order valence-corrected chi connectivity index (χ4v) is 3.65. The number of esters is 1. The SMILES string of the molecule is CCN1C(=O)/C(=C\c2ccc(C)cc2)SC1=Nc1ccc(C(=O)OC)cc1. The fraction of sp³-hybridized carbons (Fsp3) is 0.190. The van der Waals surface area contributed by atoms with Gasteiger partial charge in [0.15, 0.2) is 5.17 Å². The molecule has 0 atom stereocenters. The van der Waals surface area contributed by atoms with Crippen LogP contribution >= 0.6 is 11.8 Å². The number of aryl methyl sites for hydroxylation is 1. The van der Waals surface area contributed by atoms with Gasteiger partial charge in [-0.05, 0) is 61.5 Å². The summed E-state index contributed by atoms with van der Waals surface area (Å²) in [6, 6.07) is 14.8. The van der Waals surface area contributed by atoms with Crippen LogP contribution in [0, 0.1) is 6.92 Å². The van der Waals surface area contributed by atoms with Crippen molar-refractivity contribution < 1.29 is 14.3 Å². The molecule has 2 aromatic carbocycles. The molecule has 0 N–H and O–H groups in total. The van der Waals surface area contributed by atoms with Gasteiger partial charge in [-0.1, -0.05) is 29.8 Å². The predicted octanol–water partition coefficient (Wildman–Crippen LogP) is 4.41. The molecule has 1 aliphatic heterocycles. The van der Waals surface area contributed by atoms with E-state index in [-0.39, 0.29) is 5.91 Å². The number of nitrogens with zero attached hydrogens (tertiary/aromatic N) is 2. The quantitative estimate of drug-likeness (QED) is 0.582. The van der Waals surface area contributed by atoms with E-state index in [1.54, 1.807) is 29.2 Å². The Morgan fingerprint density at radius 3 is 2.41 bits per heavy atom. The summed E-state index contributed by atoms with van der Waals surface area (Å²) in [5, 5.41) is 0.631. The summed E-state index contributed by atoms with van der Waals surface area (Å²) in [5.41, 5.74) is 3.29. The van der Waals surface area contributed by atoms with Gasteiger partial charge in [-0.3, -0.25) is 9.69 Å². The third-order valence-electron chi connectivity index (χ3n) is 4.09. The summed E-state index contributed by atoms with van der Waals surface area (Å²) in [7, 11) is 1.35. The molecule has 1 aliphatic rings. The summed E-state index contributed by atoms with van der Waals surface area (Å²) < 4.78 is 4.70. The summed E-state index contributed by atoms with van der Waals surface area (Å²) in [6.45, 7) is 4.49. The molecule has 0 aliphatic carbocycles. The number of hydrogen-bond acceptors (Lipinski definition) is 5. The van der Waals surface area contributed by atoms with Crippen LogP contribution in [0.5, 0.6) is 0 Å². The molecule has 1 saturated heterocycles. The first-order chi connectivity index (χ1) is 13.0. The van der Waals surface area contributed by atoms with Crippen LogP contribution in [0.2, 0.25) is 0 Å². The van der Waals surface area contributed by atoms with Crippen molar-refractivity contribution in [3.05, 3.63) is 70.1 Å². The fourth-order valence-electron chi connectivity index (χ4n) is 2.58. The highest BCUT2D eigenvalue weighted by Gasteiger charge is 2.32. The first kappa shape index (κ1) is 18.9. The van der Waals surface area contributed by atoms with Gasteiger partial charge in [-0.15, -0.1) is 0 Å². The number of likely N-dealkylation sites (N-methyl/N-ethyl adjacent to an activating group) is 1. The molecule has 138 valence electrons. The third kappa shape index (κ3) is 4.28. The highest BCUT2D eigenvalue weighted by Crippen LogP contribution is 2.34. The van der Waals surface area contributed by atoms with Crippen LogP contribution < -0.4 is 0 Å². The number of carbonyl (C=O) groups excluding carboxylic acids is 2. The van der Waals surface area contributed by atoms with E-state index in [0.717, 1.165) is 5.56 Å². The van der Waals surface area contributed by atoms with E-state index < -0.39 is 5.97 Å². The van der Waals surface area contributed by atoms with E-state index >= 15 is 0 Å². The van der Waals surface area contributed by atoms with Gasteiger partial charge in [0, 0.05) is 6.54 Å². The second-order valence-corrected chi connectivity index (χ2v) is 7.01. The molecule has 1 amide bonds. The van der Waals surface area contributed by atoms with Crippen LogP contribution in [0.4, 0.5) is 5.69 Å².